The van der Waals surface area contributed by atoms with Crippen LogP contribution in [0.1, 0.15) is 25.7 Å². The summed E-state index contributed by atoms with van der Waals surface area (Å²) in [7, 11) is 1.70. The van der Waals surface area contributed by atoms with E-state index in [4.69, 9.17) is 9.47 Å². The van der Waals surface area contributed by atoms with Crippen LogP contribution in [-0.2, 0) is 0 Å². The van der Waals surface area contributed by atoms with Crippen molar-refractivity contribution >= 4 is 0 Å². The van der Waals surface area contributed by atoms with Gasteiger partial charge in [-0.15, -0.1) is 0 Å². The number of hydrogen-bond donors (Lipinski definition) is 1. The first kappa shape index (κ1) is 14.7. The zero-order chi connectivity index (χ0) is 14.5. The lowest BCUT2D eigenvalue weighted by atomic mass is 10.0. The van der Waals surface area contributed by atoms with Crippen LogP contribution in [0.5, 0.6) is 11.5 Å². The topological polar surface area (TPSA) is 33.7 Å². The molecule has 2 heterocycles. The molecule has 2 saturated heterocycles. The Morgan fingerprint density at radius 1 is 1.10 bits per heavy atom. The number of benzene rings is 1. The smallest absolute Gasteiger partial charge is 0.161 e. The average molecular weight is 290 g/mol. The zero-order valence-electron chi connectivity index (χ0n) is 12.9. The summed E-state index contributed by atoms with van der Waals surface area (Å²) in [5.74, 6) is 1.70. The molecule has 0 saturated carbocycles. The van der Waals surface area contributed by atoms with E-state index in [0.717, 1.165) is 50.0 Å². The molecule has 4 nitrogen and oxygen atoms in total. The first-order valence-corrected chi connectivity index (χ1v) is 8.11. The molecule has 0 aliphatic carbocycles. The first-order chi connectivity index (χ1) is 10.4. The SMILES string of the molecule is COc1ccccc1OC1CCN(C2CCCNC2)CC1. The Hall–Kier alpha value is -1.26. The molecule has 0 bridgehead atoms. The van der Waals surface area contributed by atoms with Crippen molar-refractivity contribution < 1.29 is 9.47 Å². The molecule has 1 unspecified atom stereocenters. The number of methoxy groups -OCH3 is 1. The maximum atomic E-state index is 6.15. The van der Waals surface area contributed by atoms with Crippen LogP contribution in [-0.4, -0.2) is 50.3 Å². The molecule has 0 spiro atoms. The van der Waals surface area contributed by atoms with E-state index in [0.29, 0.717) is 6.10 Å². The lowest BCUT2D eigenvalue weighted by Crippen LogP contribution is -2.50. The Morgan fingerprint density at radius 2 is 1.86 bits per heavy atom. The minimum Gasteiger partial charge on any atom is -0.493 e. The van der Waals surface area contributed by atoms with Crippen LogP contribution in [0.15, 0.2) is 24.3 Å². The third-order valence-electron chi connectivity index (χ3n) is 4.63. The van der Waals surface area contributed by atoms with Crippen LogP contribution in [0.4, 0.5) is 0 Å². The standard InChI is InChI=1S/C17H26N2O2/c1-20-16-6-2-3-7-17(16)21-15-8-11-19(12-9-15)14-5-4-10-18-13-14/h2-3,6-7,14-15,18H,4-5,8-13H2,1H3. The molecule has 0 radical (unpaired) electrons. The molecule has 1 aromatic rings. The summed E-state index contributed by atoms with van der Waals surface area (Å²) < 4.78 is 11.5. The van der Waals surface area contributed by atoms with E-state index in [1.54, 1.807) is 7.11 Å². The zero-order valence-corrected chi connectivity index (χ0v) is 12.9. The second kappa shape index (κ2) is 7.14. The number of nitrogens with one attached hydrogen (secondary N) is 1. The monoisotopic (exact) mass is 290 g/mol. The maximum Gasteiger partial charge on any atom is 0.161 e. The molecule has 116 valence electrons. The minimum absolute atomic E-state index is 0.314. The molecule has 1 atom stereocenters. The molecule has 0 aromatic heterocycles. The third-order valence-corrected chi connectivity index (χ3v) is 4.63. The Balaban J connectivity index is 1.51. The van der Waals surface area contributed by atoms with Crippen molar-refractivity contribution in [3.05, 3.63) is 24.3 Å². The van der Waals surface area contributed by atoms with E-state index < -0.39 is 0 Å². The van der Waals surface area contributed by atoms with Crippen LogP contribution in [0.3, 0.4) is 0 Å². The van der Waals surface area contributed by atoms with E-state index in [-0.39, 0.29) is 0 Å². The third kappa shape index (κ3) is 3.69. The van der Waals surface area contributed by atoms with Gasteiger partial charge in [0, 0.05) is 25.7 Å². The normalized spacial score (nSPS) is 24.7. The lowest BCUT2D eigenvalue weighted by molar-refractivity contribution is 0.0657. The molecule has 0 amide bonds. The average Bonchev–Trinajstić information content (AvgIpc) is 2.57. The molecular formula is C17H26N2O2. The number of rotatable bonds is 4. The Morgan fingerprint density at radius 3 is 2.52 bits per heavy atom. The van der Waals surface area contributed by atoms with Gasteiger partial charge in [0.25, 0.3) is 0 Å². The van der Waals surface area contributed by atoms with Crippen molar-refractivity contribution in [2.24, 2.45) is 0 Å². The van der Waals surface area contributed by atoms with Crippen molar-refractivity contribution in [2.75, 3.05) is 33.3 Å². The second-order valence-electron chi connectivity index (χ2n) is 6.00. The predicted molar refractivity (Wildman–Crippen MR) is 84.1 cm³/mol. The number of piperidine rings is 2. The second-order valence-corrected chi connectivity index (χ2v) is 6.00. The number of hydrogen-bond acceptors (Lipinski definition) is 4. The molecule has 21 heavy (non-hydrogen) atoms. The molecule has 1 aromatic carbocycles. The van der Waals surface area contributed by atoms with E-state index in [2.05, 4.69) is 10.2 Å². The Bertz CT molecular complexity index is 438. The summed E-state index contributed by atoms with van der Waals surface area (Å²) >= 11 is 0. The summed E-state index contributed by atoms with van der Waals surface area (Å²) in [5.41, 5.74) is 0. The molecule has 1 N–H and O–H groups in total. The van der Waals surface area contributed by atoms with E-state index in [1.165, 1.54) is 19.4 Å². The Kier molecular flexibility index (Phi) is 4.99. The van der Waals surface area contributed by atoms with Crippen LogP contribution >= 0.6 is 0 Å². The van der Waals surface area contributed by atoms with Gasteiger partial charge >= 0.3 is 0 Å². The fourth-order valence-electron chi connectivity index (χ4n) is 3.40. The highest BCUT2D eigenvalue weighted by molar-refractivity contribution is 5.39. The molecule has 2 aliphatic heterocycles. The van der Waals surface area contributed by atoms with Crippen molar-refractivity contribution in [3.8, 4) is 11.5 Å². The van der Waals surface area contributed by atoms with Crippen LogP contribution in [0.2, 0.25) is 0 Å². The van der Waals surface area contributed by atoms with Crippen LogP contribution < -0.4 is 14.8 Å². The van der Waals surface area contributed by atoms with Crippen molar-refractivity contribution in [3.63, 3.8) is 0 Å². The first-order valence-electron chi connectivity index (χ1n) is 8.11. The minimum atomic E-state index is 0.314. The summed E-state index contributed by atoms with van der Waals surface area (Å²) in [5, 5.41) is 3.51. The molecule has 3 rings (SSSR count). The van der Waals surface area contributed by atoms with Gasteiger partial charge in [-0.2, -0.15) is 0 Å². The molecule has 2 aliphatic rings. The van der Waals surface area contributed by atoms with Crippen molar-refractivity contribution in [1.82, 2.24) is 10.2 Å². The lowest BCUT2D eigenvalue weighted by Gasteiger charge is -2.39. The number of likely N-dealkylation sites (tertiary alicyclic amines) is 1. The van der Waals surface area contributed by atoms with Crippen LogP contribution in [0, 0.1) is 0 Å². The Labute approximate surface area is 127 Å². The highest BCUT2D eigenvalue weighted by Gasteiger charge is 2.27. The quantitative estimate of drug-likeness (QED) is 0.922. The van der Waals surface area contributed by atoms with Gasteiger partial charge in [-0.05, 0) is 44.4 Å². The van der Waals surface area contributed by atoms with Gasteiger partial charge in [0.2, 0.25) is 0 Å². The van der Waals surface area contributed by atoms with Gasteiger partial charge < -0.3 is 14.8 Å². The number of para-hydroxylation sites is 2. The van der Waals surface area contributed by atoms with Crippen molar-refractivity contribution in [1.29, 1.82) is 0 Å². The predicted octanol–water partition coefficient (Wildman–Crippen LogP) is 2.29. The molecular weight excluding hydrogens is 264 g/mol. The van der Waals surface area contributed by atoms with Gasteiger partial charge in [-0.25, -0.2) is 0 Å². The fraction of sp³-hybridized carbons (Fsp3) is 0.647. The summed E-state index contributed by atoms with van der Waals surface area (Å²) in [4.78, 5) is 2.63. The highest BCUT2D eigenvalue weighted by Crippen LogP contribution is 2.29. The van der Waals surface area contributed by atoms with Gasteiger partial charge in [0.15, 0.2) is 11.5 Å². The summed E-state index contributed by atoms with van der Waals surface area (Å²) in [6.07, 6.45) is 5.17. The number of nitrogens with zero attached hydrogens (tertiary/aromatic N) is 1. The maximum absolute atomic E-state index is 6.15. The summed E-state index contributed by atoms with van der Waals surface area (Å²) in [6.45, 7) is 4.63. The fourth-order valence-corrected chi connectivity index (χ4v) is 3.40. The van der Waals surface area contributed by atoms with E-state index >= 15 is 0 Å². The van der Waals surface area contributed by atoms with Crippen LogP contribution in [0.25, 0.3) is 0 Å². The number of ether oxygens (including phenoxy) is 2. The van der Waals surface area contributed by atoms with E-state index in [9.17, 15) is 0 Å². The summed E-state index contributed by atoms with van der Waals surface area (Å²) in [6, 6.07) is 8.66. The molecule has 2 fully saturated rings. The van der Waals surface area contributed by atoms with Crippen molar-refractivity contribution in [2.45, 2.75) is 37.8 Å². The van der Waals surface area contributed by atoms with Gasteiger partial charge in [-0.1, -0.05) is 12.1 Å². The molecule has 4 heteroatoms. The van der Waals surface area contributed by atoms with E-state index in [1.807, 2.05) is 24.3 Å². The largest absolute Gasteiger partial charge is 0.493 e. The van der Waals surface area contributed by atoms with Gasteiger partial charge in [0.1, 0.15) is 6.10 Å². The highest BCUT2D eigenvalue weighted by atomic mass is 16.5. The van der Waals surface area contributed by atoms with Gasteiger partial charge in [0.05, 0.1) is 7.11 Å². The van der Waals surface area contributed by atoms with Gasteiger partial charge in [-0.3, -0.25) is 4.90 Å².